The van der Waals surface area contributed by atoms with E-state index in [2.05, 4.69) is 61.9 Å². The second-order valence-corrected chi connectivity index (χ2v) is 7.90. The van der Waals surface area contributed by atoms with Gasteiger partial charge in [-0.05, 0) is 44.6 Å². The number of carboxylic acids is 2. The van der Waals surface area contributed by atoms with Crippen molar-refractivity contribution in [1.29, 1.82) is 0 Å². The second-order valence-electron chi connectivity index (χ2n) is 7.05. The zero-order valence-electron chi connectivity index (χ0n) is 15.7. The summed E-state index contributed by atoms with van der Waals surface area (Å²) in [5, 5.41) is 14.8. The van der Waals surface area contributed by atoms with Gasteiger partial charge in [0.15, 0.2) is 0 Å². The fraction of sp³-hybridized carbons (Fsp3) is 0.579. The maximum Gasteiger partial charge on any atom is 0.414 e. The SMILES string of the molecule is CN1CCN(C2CCN(Cc3ccccc3Br)CC2)CC1.O=C(O)C(=O)O. The lowest BCUT2D eigenvalue weighted by Gasteiger charge is -2.42. The molecule has 0 bridgehead atoms. The molecule has 7 nitrogen and oxygen atoms in total. The van der Waals surface area contributed by atoms with Gasteiger partial charge in [-0.1, -0.05) is 34.1 Å². The summed E-state index contributed by atoms with van der Waals surface area (Å²) in [6.45, 7) is 8.53. The van der Waals surface area contributed by atoms with Crippen molar-refractivity contribution in [2.75, 3.05) is 46.3 Å². The molecular formula is C19H28BrN3O4. The molecule has 2 heterocycles. The molecular weight excluding hydrogens is 414 g/mol. The highest BCUT2D eigenvalue weighted by atomic mass is 79.9. The smallest absolute Gasteiger partial charge is 0.414 e. The number of nitrogens with zero attached hydrogens (tertiary/aromatic N) is 3. The van der Waals surface area contributed by atoms with Gasteiger partial charge in [-0.2, -0.15) is 0 Å². The summed E-state index contributed by atoms with van der Waals surface area (Å²) in [6, 6.07) is 9.42. The molecule has 0 amide bonds. The molecule has 2 saturated heterocycles. The van der Waals surface area contributed by atoms with E-state index in [1.807, 2.05) is 0 Å². The topological polar surface area (TPSA) is 84.3 Å². The number of carboxylic acid groups (broad SMARTS) is 2. The predicted octanol–water partition coefficient (Wildman–Crippen LogP) is 1.82. The lowest BCUT2D eigenvalue weighted by atomic mass is 10.0. The average molecular weight is 442 g/mol. The van der Waals surface area contributed by atoms with Gasteiger partial charge in [0.1, 0.15) is 0 Å². The zero-order chi connectivity index (χ0) is 19.8. The first-order valence-electron chi connectivity index (χ1n) is 9.21. The van der Waals surface area contributed by atoms with Crippen molar-refractivity contribution in [2.45, 2.75) is 25.4 Å². The Labute approximate surface area is 168 Å². The molecule has 8 heteroatoms. The Morgan fingerprint density at radius 2 is 1.56 bits per heavy atom. The number of benzene rings is 1. The molecule has 3 rings (SSSR count). The largest absolute Gasteiger partial charge is 0.473 e. The van der Waals surface area contributed by atoms with Crippen LogP contribution in [0.1, 0.15) is 18.4 Å². The van der Waals surface area contributed by atoms with E-state index in [-0.39, 0.29) is 0 Å². The molecule has 2 aliphatic heterocycles. The maximum atomic E-state index is 9.10. The molecule has 0 spiro atoms. The lowest BCUT2D eigenvalue weighted by Crippen LogP contribution is -2.52. The van der Waals surface area contributed by atoms with Gasteiger partial charge >= 0.3 is 11.9 Å². The van der Waals surface area contributed by atoms with E-state index in [1.165, 1.54) is 62.1 Å². The van der Waals surface area contributed by atoms with Crippen LogP contribution in [0.3, 0.4) is 0 Å². The van der Waals surface area contributed by atoms with Gasteiger partial charge in [-0.3, -0.25) is 9.80 Å². The van der Waals surface area contributed by atoms with Crippen molar-refractivity contribution in [3.05, 3.63) is 34.3 Å². The molecule has 2 N–H and O–H groups in total. The minimum Gasteiger partial charge on any atom is -0.473 e. The average Bonchev–Trinajstić information content (AvgIpc) is 2.65. The lowest BCUT2D eigenvalue weighted by molar-refractivity contribution is -0.159. The van der Waals surface area contributed by atoms with Crippen molar-refractivity contribution in [2.24, 2.45) is 0 Å². The number of piperidine rings is 1. The van der Waals surface area contributed by atoms with E-state index in [4.69, 9.17) is 19.8 Å². The summed E-state index contributed by atoms with van der Waals surface area (Å²) < 4.78 is 1.24. The fourth-order valence-corrected chi connectivity index (χ4v) is 3.91. The van der Waals surface area contributed by atoms with E-state index in [1.54, 1.807) is 0 Å². The molecule has 2 aliphatic rings. The Morgan fingerprint density at radius 1 is 1.00 bits per heavy atom. The van der Waals surface area contributed by atoms with E-state index in [0.29, 0.717) is 0 Å². The van der Waals surface area contributed by atoms with E-state index in [0.717, 1.165) is 12.6 Å². The van der Waals surface area contributed by atoms with Crippen LogP contribution in [0, 0.1) is 0 Å². The van der Waals surface area contributed by atoms with E-state index >= 15 is 0 Å². The molecule has 0 aromatic heterocycles. The quantitative estimate of drug-likeness (QED) is 0.691. The second kappa shape index (κ2) is 10.8. The van der Waals surface area contributed by atoms with Crippen molar-refractivity contribution >= 4 is 27.9 Å². The molecule has 27 heavy (non-hydrogen) atoms. The third-order valence-electron chi connectivity index (χ3n) is 5.15. The summed E-state index contributed by atoms with van der Waals surface area (Å²) in [5.41, 5.74) is 1.41. The molecule has 0 unspecified atom stereocenters. The number of hydrogen-bond donors (Lipinski definition) is 2. The Balaban J connectivity index is 0.000000380. The van der Waals surface area contributed by atoms with Crippen LogP contribution in [0.5, 0.6) is 0 Å². The Kier molecular flexibility index (Phi) is 8.69. The van der Waals surface area contributed by atoms with Crippen molar-refractivity contribution in [3.63, 3.8) is 0 Å². The number of aliphatic carboxylic acids is 2. The number of likely N-dealkylation sites (N-methyl/N-ethyl adjacent to an activating group) is 1. The number of halogens is 1. The van der Waals surface area contributed by atoms with Crippen LogP contribution in [-0.2, 0) is 16.1 Å². The van der Waals surface area contributed by atoms with Gasteiger partial charge < -0.3 is 15.1 Å². The van der Waals surface area contributed by atoms with Gasteiger partial charge in [-0.15, -0.1) is 0 Å². The Morgan fingerprint density at radius 3 is 2.07 bits per heavy atom. The Bertz CT molecular complexity index is 615. The maximum absolute atomic E-state index is 9.10. The van der Waals surface area contributed by atoms with Crippen molar-refractivity contribution in [3.8, 4) is 0 Å². The number of piperazine rings is 1. The van der Waals surface area contributed by atoms with Crippen LogP contribution in [0.2, 0.25) is 0 Å². The predicted molar refractivity (Wildman–Crippen MR) is 107 cm³/mol. The van der Waals surface area contributed by atoms with Gasteiger partial charge in [0.2, 0.25) is 0 Å². The molecule has 0 atom stereocenters. The first-order chi connectivity index (χ1) is 12.9. The number of hydrogen-bond acceptors (Lipinski definition) is 5. The molecule has 0 radical (unpaired) electrons. The summed E-state index contributed by atoms with van der Waals surface area (Å²) in [5.74, 6) is -3.65. The first-order valence-corrected chi connectivity index (χ1v) is 10.0. The highest BCUT2D eigenvalue weighted by Gasteiger charge is 2.26. The van der Waals surface area contributed by atoms with Crippen LogP contribution in [0.15, 0.2) is 28.7 Å². The number of likely N-dealkylation sites (tertiary alicyclic amines) is 1. The zero-order valence-corrected chi connectivity index (χ0v) is 17.3. The van der Waals surface area contributed by atoms with Gasteiger partial charge in [0.05, 0.1) is 0 Å². The summed E-state index contributed by atoms with van der Waals surface area (Å²) in [7, 11) is 2.23. The molecule has 150 valence electrons. The molecule has 0 saturated carbocycles. The third-order valence-corrected chi connectivity index (χ3v) is 5.92. The van der Waals surface area contributed by atoms with Gasteiger partial charge in [0, 0.05) is 43.2 Å². The third kappa shape index (κ3) is 7.21. The van der Waals surface area contributed by atoms with Crippen LogP contribution in [-0.4, -0.2) is 89.2 Å². The highest BCUT2D eigenvalue weighted by Crippen LogP contribution is 2.22. The number of carbonyl (C=O) groups is 2. The van der Waals surface area contributed by atoms with Crippen molar-refractivity contribution in [1.82, 2.24) is 14.7 Å². The van der Waals surface area contributed by atoms with Crippen LogP contribution < -0.4 is 0 Å². The number of rotatable bonds is 3. The van der Waals surface area contributed by atoms with Crippen LogP contribution in [0.4, 0.5) is 0 Å². The molecule has 1 aromatic rings. The van der Waals surface area contributed by atoms with E-state index in [9.17, 15) is 0 Å². The Hall–Kier alpha value is -1.48. The summed E-state index contributed by atoms with van der Waals surface area (Å²) in [6.07, 6.45) is 2.66. The fourth-order valence-electron chi connectivity index (χ4n) is 3.50. The first kappa shape index (κ1) is 21.8. The molecule has 0 aliphatic carbocycles. The summed E-state index contributed by atoms with van der Waals surface area (Å²) >= 11 is 3.66. The standard InChI is InChI=1S/C17H26BrN3.C2H2O4/c1-19-10-12-21(13-11-19)16-6-8-20(9-7-16)14-15-4-2-3-5-17(15)18;3-1(4)2(5)6/h2-5,16H,6-14H2,1H3;(H,3,4)(H,5,6). The van der Waals surface area contributed by atoms with Crippen LogP contribution in [0.25, 0.3) is 0 Å². The minimum absolute atomic E-state index is 0.814. The van der Waals surface area contributed by atoms with Crippen molar-refractivity contribution < 1.29 is 19.8 Å². The summed E-state index contributed by atoms with van der Waals surface area (Å²) in [4.78, 5) is 26.0. The van der Waals surface area contributed by atoms with Gasteiger partial charge in [0.25, 0.3) is 0 Å². The highest BCUT2D eigenvalue weighted by molar-refractivity contribution is 9.10. The minimum atomic E-state index is -1.82. The van der Waals surface area contributed by atoms with Crippen LogP contribution >= 0.6 is 15.9 Å². The molecule has 2 fully saturated rings. The van der Waals surface area contributed by atoms with E-state index < -0.39 is 11.9 Å². The molecule has 1 aromatic carbocycles. The van der Waals surface area contributed by atoms with Gasteiger partial charge in [-0.25, -0.2) is 9.59 Å². The normalized spacial score (nSPS) is 19.9. The monoisotopic (exact) mass is 441 g/mol.